The van der Waals surface area contributed by atoms with E-state index in [0.29, 0.717) is 15.5 Å². The van der Waals surface area contributed by atoms with Crippen LogP contribution in [-0.4, -0.2) is 17.6 Å². The monoisotopic (exact) mass is 319 g/mol. The van der Waals surface area contributed by atoms with Crippen molar-refractivity contribution in [2.45, 2.75) is 4.90 Å². The number of rotatable bonds is 1. The van der Waals surface area contributed by atoms with Crippen molar-refractivity contribution in [3.63, 3.8) is 0 Å². The average molecular weight is 320 g/mol. The van der Waals surface area contributed by atoms with Gasteiger partial charge in [-0.15, -0.1) is 0 Å². The highest BCUT2D eigenvalue weighted by Crippen LogP contribution is 2.26. The van der Waals surface area contributed by atoms with Gasteiger partial charge in [-0.2, -0.15) is 0 Å². The highest BCUT2D eigenvalue weighted by Gasteiger charge is 2.17. The summed E-state index contributed by atoms with van der Waals surface area (Å²) < 4.78 is 25.9. The minimum absolute atomic E-state index is 0.0359. The Kier molecular flexibility index (Phi) is 2.68. The number of fused-ring (bicyclic) bond motifs is 1. The molecule has 0 spiro atoms. The fourth-order valence-electron chi connectivity index (χ4n) is 1.72. The summed E-state index contributed by atoms with van der Waals surface area (Å²) in [5.74, 6) is 0. The van der Waals surface area contributed by atoms with Crippen LogP contribution in [0.1, 0.15) is 0 Å². The molecule has 6 nitrogen and oxygen atoms in total. The predicted octanol–water partition coefficient (Wildman–Crippen LogP) is 0.287. The number of imidazole rings is 1. The van der Waals surface area contributed by atoms with Crippen LogP contribution in [0.25, 0.3) is 11.0 Å². The fraction of sp³-hybridized carbons (Fsp3) is 0.222. The summed E-state index contributed by atoms with van der Waals surface area (Å²) in [6.07, 6.45) is 0. The van der Waals surface area contributed by atoms with Gasteiger partial charge in [0.15, 0.2) is 0 Å². The molecule has 0 fully saturated rings. The summed E-state index contributed by atoms with van der Waals surface area (Å²) in [5, 5.41) is 5.09. The van der Waals surface area contributed by atoms with E-state index in [1.54, 1.807) is 20.2 Å². The number of hydrogen-bond donors (Lipinski definition) is 1. The van der Waals surface area contributed by atoms with E-state index in [-0.39, 0.29) is 10.6 Å². The first-order chi connectivity index (χ1) is 7.73. The number of hydrogen-bond acceptors (Lipinski definition) is 3. The Balaban J connectivity index is 3.01. The Morgan fingerprint density at radius 1 is 1.18 bits per heavy atom. The van der Waals surface area contributed by atoms with Gasteiger partial charge in [-0.3, -0.25) is 9.13 Å². The van der Waals surface area contributed by atoms with Crippen LogP contribution in [0.15, 0.2) is 26.3 Å². The minimum atomic E-state index is -3.82. The second kappa shape index (κ2) is 3.69. The molecule has 17 heavy (non-hydrogen) atoms. The van der Waals surface area contributed by atoms with Crippen molar-refractivity contribution in [3.05, 3.63) is 27.1 Å². The van der Waals surface area contributed by atoms with Gasteiger partial charge in [-0.25, -0.2) is 18.4 Å². The van der Waals surface area contributed by atoms with Crippen LogP contribution in [0.4, 0.5) is 0 Å². The number of aromatic nitrogens is 2. The largest absolute Gasteiger partial charge is 0.328 e. The molecule has 0 atom stereocenters. The first kappa shape index (κ1) is 12.3. The SMILES string of the molecule is Cn1c(=O)n(C)c2cc(S(N)(=O)=O)c(Br)cc21. The number of halogens is 1. The quantitative estimate of drug-likeness (QED) is 0.819. The lowest BCUT2D eigenvalue weighted by Crippen LogP contribution is -2.19. The third kappa shape index (κ3) is 1.81. The van der Waals surface area contributed by atoms with Crippen LogP contribution < -0.4 is 10.8 Å². The van der Waals surface area contributed by atoms with Gasteiger partial charge in [0.25, 0.3) is 0 Å². The summed E-state index contributed by atoms with van der Waals surface area (Å²) in [5.41, 5.74) is 0.931. The molecular formula is C9H10BrN3O3S. The lowest BCUT2D eigenvalue weighted by molar-refractivity contribution is 0.597. The molecule has 0 aliphatic carbocycles. The second-order valence-corrected chi connectivity index (χ2v) is 6.10. The van der Waals surface area contributed by atoms with Crippen LogP contribution in [0.3, 0.4) is 0 Å². The lowest BCUT2D eigenvalue weighted by Gasteiger charge is -2.03. The molecule has 0 unspecified atom stereocenters. The van der Waals surface area contributed by atoms with Crippen LogP contribution in [0.5, 0.6) is 0 Å². The zero-order valence-electron chi connectivity index (χ0n) is 9.14. The number of benzene rings is 1. The van der Waals surface area contributed by atoms with Gasteiger partial charge in [0, 0.05) is 18.6 Å². The smallest absolute Gasteiger partial charge is 0.295 e. The maximum absolute atomic E-state index is 11.7. The zero-order valence-corrected chi connectivity index (χ0v) is 11.5. The molecule has 8 heteroatoms. The summed E-state index contributed by atoms with van der Waals surface area (Å²) in [7, 11) is -0.623. The zero-order chi connectivity index (χ0) is 13.0. The summed E-state index contributed by atoms with van der Waals surface area (Å²) in [6, 6.07) is 2.95. The summed E-state index contributed by atoms with van der Waals surface area (Å²) >= 11 is 3.14. The molecule has 0 aliphatic rings. The first-order valence-electron chi connectivity index (χ1n) is 4.61. The molecule has 2 N–H and O–H groups in total. The maximum Gasteiger partial charge on any atom is 0.328 e. The first-order valence-corrected chi connectivity index (χ1v) is 6.95. The molecule has 0 radical (unpaired) electrons. The molecule has 0 bridgehead atoms. The molecule has 1 aromatic carbocycles. The number of nitrogens with zero attached hydrogens (tertiary/aromatic N) is 2. The molecule has 0 aliphatic heterocycles. The van der Waals surface area contributed by atoms with Crippen LogP contribution in [0, 0.1) is 0 Å². The lowest BCUT2D eigenvalue weighted by atomic mass is 10.3. The highest BCUT2D eigenvalue weighted by atomic mass is 79.9. The summed E-state index contributed by atoms with van der Waals surface area (Å²) in [6.45, 7) is 0. The Bertz CT molecular complexity index is 773. The molecule has 92 valence electrons. The van der Waals surface area contributed by atoms with Crippen molar-refractivity contribution in [2.75, 3.05) is 0 Å². The van der Waals surface area contributed by atoms with Gasteiger partial charge in [0.05, 0.1) is 15.9 Å². The van der Waals surface area contributed by atoms with Crippen LogP contribution >= 0.6 is 15.9 Å². The number of primary sulfonamides is 1. The van der Waals surface area contributed by atoms with Crippen molar-refractivity contribution < 1.29 is 8.42 Å². The minimum Gasteiger partial charge on any atom is -0.295 e. The van der Waals surface area contributed by atoms with E-state index in [0.717, 1.165) is 0 Å². The van der Waals surface area contributed by atoms with Gasteiger partial charge in [-0.1, -0.05) is 0 Å². The van der Waals surface area contributed by atoms with Crippen molar-refractivity contribution >= 4 is 37.0 Å². The number of nitrogens with two attached hydrogens (primary N) is 1. The van der Waals surface area contributed by atoms with Crippen LogP contribution in [0.2, 0.25) is 0 Å². The van der Waals surface area contributed by atoms with Crippen LogP contribution in [-0.2, 0) is 24.1 Å². The molecular weight excluding hydrogens is 310 g/mol. The topological polar surface area (TPSA) is 87.1 Å². The fourth-order valence-corrected chi connectivity index (χ4v) is 3.33. The van der Waals surface area contributed by atoms with E-state index in [2.05, 4.69) is 15.9 Å². The molecule has 2 rings (SSSR count). The normalized spacial score (nSPS) is 12.2. The molecule has 0 amide bonds. The van der Waals surface area contributed by atoms with Gasteiger partial charge in [-0.05, 0) is 28.1 Å². The number of aryl methyl sites for hydroxylation is 2. The van der Waals surface area contributed by atoms with E-state index < -0.39 is 10.0 Å². The van der Waals surface area contributed by atoms with Crippen molar-refractivity contribution in [1.29, 1.82) is 0 Å². The third-order valence-corrected chi connectivity index (χ3v) is 4.50. The van der Waals surface area contributed by atoms with E-state index >= 15 is 0 Å². The van der Waals surface area contributed by atoms with E-state index in [9.17, 15) is 13.2 Å². The Hall–Kier alpha value is -1.12. The van der Waals surface area contributed by atoms with Gasteiger partial charge < -0.3 is 0 Å². The van der Waals surface area contributed by atoms with Crippen molar-refractivity contribution in [2.24, 2.45) is 19.2 Å². The van der Waals surface area contributed by atoms with Crippen molar-refractivity contribution in [1.82, 2.24) is 9.13 Å². The predicted molar refractivity (Wildman–Crippen MR) is 67.2 cm³/mol. The Labute approximate surface area is 106 Å². The molecule has 0 saturated carbocycles. The van der Waals surface area contributed by atoms with Gasteiger partial charge in [0.1, 0.15) is 0 Å². The number of sulfonamides is 1. The highest BCUT2D eigenvalue weighted by molar-refractivity contribution is 9.10. The van der Waals surface area contributed by atoms with E-state index in [4.69, 9.17) is 5.14 Å². The van der Waals surface area contributed by atoms with Crippen molar-refractivity contribution in [3.8, 4) is 0 Å². The Morgan fingerprint density at radius 3 is 2.12 bits per heavy atom. The second-order valence-electron chi connectivity index (χ2n) is 3.72. The average Bonchev–Trinajstić information content (AvgIpc) is 2.41. The maximum atomic E-state index is 11.7. The Morgan fingerprint density at radius 2 is 1.65 bits per heavy atom. The summed E-state index contributed by atoms with van der Waals surface area (Å²) in [4.78, 5) is 11.7. The van der Waals surface area contributed by atoms with E-state index in [1.165, 1.54) is 15.2 Å². The standard InChI is InChI=1S/C9H10BrN3O3S/c1-12-6-3-5(10)8(17(11,15)16)4-7(6)13(2)9(12)14/h3-4H,1-2H3,(H2,11,15,16). The van der Waals surface area contributed by atoms with Gasteiger partial charge >= 0.3 is 5.69 Å². The van der Waals surface area contributed by atoms with Gasteiger partial charge in [0.2, 0.25) is 10.0 Å². The molecule has 1 aromatic heterocycles. The third-order valence-electron chi connectivity index (χ3n) is 2.63. The molecule has 0 saturated heterocycles. The van der Waals surface area contributed by atoms with E-state index in [1.807, 2.05) is 0 Å². The molecule has 2 aromatic rings. The molecule has 1 heterocycles.